The Morgan fingerprint density at radius 2 is 1.02 bits per heavy atom. The van der Waals surface area contributed by atoms with Crippen LogP contribution in [0.1, 0.15) is 0 Å². The Labute approximate surface area is 289 Å². The Morgan fingerprint density at radius 3 is 1.78 bits per heavy atom. The lowest BCUT2D eigenvalue weighted by molar-refractivity contribution is 1.18. The second-order valence-corrected chi connectivity index (χ2v) is 14.6. The van der Waals surface area contributed by atoms with Crippen molar-refractivity contribution >= 4 is 95.7 Å². The molecule has 0 saturated carbocycles. The van der Waals surface area contributed by atoms with Crippen molar-refractivity contribution < 1.29 is 0 Å². The van der Waals surface area contributed by atoms with E-state index in [0.717, 1.165) is 39.2 Å². The average molecular weight is 660 g/mol. The van der Waals surface area contributed by atoms with Gasteiger partial charge in [0.05, 0.1) is 31.6 Å². The molecule has 5 heteroatoms. The maximum Gasteiger partial charge on any atom is 0.160 e. The normalized spacial score (nSPS) is 12.1. The number of nitrogens with zero attached hydrogens (tertiary/aromatic N) is 3. The molecule has 3 nitrogen and oxygen atoms in total. The van der Waals surface area contributed by atoms with E-state index < -0.39 is 0 Å². The van der Waals surface area contributed by atoms with Gasteiger partial charge in [0.15, 0.2) is 5.82 Å². The SMILES string of the molecule is c1ccc(-c2nc(-c3ccc(-n4c5ccccc5c5c6c7ccccc7sc6c6sc7ccccc7c6c54)cc3)nc3ccccc23)cc1. The van der Waals surface area contributed by atoms with Crippen LogP contribution in [0.3, 0.4) is 0 Å². The van der Waals surface area contributed by atoms with Crippen molar-refractivity contribution in [3.8, 4) is 28.3 Å². The fourth-order valence-corrected chi connectivity index (χ4v) is 10.2. The zero-order chi connectivity index (χ0) is 32.1. The Kier molecular flexibility index (Phi) is 5.70. The molecule has 0 N–H and O–H groups in total. The van der Waals surface area contributed by atoms with E-state index in [-0.39, 0.29) is 0 Å². The zero-order valence-corrected chi connectivity index (χ0v) is 27.7. The smallest absolute Gasteiger partial charge is 0.160 e. The number of para-hydroxylation sites is 2. The van der Waals surface area contributed by atoms with Gasteiger partial charge in [-0.1, -0.05) is 103 Å². The molecule has 7 aromatic carbocycles. The molecule has 0 aliphatic heterocycles. The van der Waals surface area contributed by atoms with Gasteiger partial charge >= 0.3 is 0 Å². The molecule has 0 aliphatic rings. The minimum Gasteiger partial charge on any atom is -0.309 e. The Balaban J connectivity index is 1.21. The Morgan fingerprint density at radius 1 is 0.429 bits per heavy atom. The lowest BCUT2D eigenvalue weighted by atomic mass is 10.0. The maximum atomic E-state index is 5.14. The largest absolute Gasteiger partial charge is 0.309 e. The van der Waals surface area contributed by atoms with Crippen LogP contribution in [0.5, 0.6) is 0 Å². The van der Waals surface area contributed by atoms with Crippen molar-refractivity contribution in [3.63, 3.8) is 0 Å². The highest BCUT2D eigenvalue weighted by Crippen LogP contribution is 2.52. The number of hydrogen-bond acceptors (Lipinski definition) is 4. The summed E-state index contributed by atoms with van der Waals surface area (Å²) in [4.78, 5) is 10.2. The first-order chi connectivity index (χ1) is 24.3. The van der Waals surface area contributed by atoms with E-state index in [1.54, 1.807) is 0 Å². The van der Waals surface area contributed by atoms with Gasteiger partial charge in [-0.2, -0.15) is 0 Å². The second kappa shape index (κ2) is 10.3. The quantitative estimate of drug-likeness (QED) is 0.189. The highest BCUT2D eigenvalue weighted by atomic mass is 32.1. The van der Waals surface area contributed by atoms with Crippen LogP contribution in [0, 0.1) is 0 Å². The third kappa shape index (κ3) is 3.88. The number of fused-ring (bicyclic) bond motifs is 13. The molecule has 0 saturated heterocycles. The van der Waals surface area contributed by atoms with E-state index in [0.29, 0.717) is 0 Å². The zero-order valence-electron chi connectivity index (χ0n) is 26.1. The first-order valence-electron chi connectivity index (χ1n) is 16.4. The van der Waals surface area contributed by atoms with Crippen LogP contribution in [0.4, 0.5) is 0 Å². The summed E-state index contributed by atoms with van der Waals surface area (Å²) in [5, 5.41) is 8.99. The first-order valence-corrected chi connectivity index (χ1v) is 18.1. The van der Waals surface area contributed by atoms with Gasteiger partial charge in [-0.25, -0.2) is 9.97 Å². The number of hydrogen-bond donors (Lipinski definition) is 0. The van der Waals surface area contributed by atoms with Crippen molar-refractivity contribution in [2.24, 2.45) is 0 Å². The van der Waals surface area contributed by atoms with E-state index in [4.69, 9.17) is 9.97 Å². The number of thiophene rings is 2. The van der Waals surface area contributed by atoms with Gasteiger partial charge in [-0.3, -0.25) is 0 Å². The summed E-state index contributed by atoms with van der Waals surface area (Å²) in [6, 6.07) is 54.2. The average Bonchev–Trinajstić information content (AvgIpc) is 3.85. The summed E-state index contributed by atoms with van der Waals surface area (Å²) < 4.78 is 7.88. The van der Waals surface area contributed by atoms with Crippen molar-refractivity contribution in [2.45, 2.75) is 0 Å². The fraction of sp³-hybridized carbons (Fsp3) is 0. The molecule has 11 aromatic rings. The van der Waals surface area contributed by atoms with Gasteiger partial charge in [-0.05, 0) is 48.5 Å². The molecule has 0 unspecified atom stereocenters. The number of aromatic nitrogens is 3. The summed E-state index contributed by atoms with van der Waals surface area (Å²) in [5.74, 6) is 0.726. The van der Waals surface area contributed by atoms with Crippen LogP contribution in [-0.2, 0) is 0 Å². The van der Waals surface area contributed by atoms with Gasteiger partial charge in [0.2, 0.25) is 0 Å². The topological polar surface area (TPSA) is 30.7 Å². The minimum absolute atomic E-state index is 0.726. The molecule has 0 aliphatic carbocycles. The van der Waals surface area contributed by atoms with Gasteiger partial charge in [0.1, 0.15) is 0 Å². The molecule has 49 heavy (non-hydrogen) atoms. The molecule has 0 amide bonds. The van der Waals surface area contributed by atoms with Crippen LogP contribution >= 0.6 is 22.7 Å². The summed E-state index contributed by atoms with van der Waals surface area (Å²) in [5.41, 5.74) is 7.56. The summed E-state index contributed by atoms with van der Waals surface area (Å²) in [7, 11) is 0. The third-order valence-electron chi connectivity index (χ3n) is 9.79. The van der Waals surface area contributed by atoms with E-state index >= 15 is 0 Å². The summed E-state index contributed by atoms with van der Waals surface area (Å²) >= 11 is 3.84. The van der Waals surface area contributed by atoms with Crippen LogP contribution in [0.2, 0.25) is 0 Å². The molecule has 4 aromatic heterocycles. The molecule has 0 atom stereocenters. The van der Waals surface area contributed by atoms with Gasteiger partial charge in [0, 0.05) is 63.9 Å². The maximum absolute atomic E-state index is 5.14. The van der Waals surface area contributed by atoms with Crippen molar-refractivity contribution in [1.29, 1.82) is 0 Å². The predicted molar refractivity (Wildman–Crippen MR) is 211 cm³/mol. The monoisotopic (exact) mass is 659 g/mol. The molecule has 228 valence electrons. The van der Waals surface area contributed by atoms with E-state index in [9.17, 15) is 0 Å². The van der Waals surface area contributed by atoms with Crippen molar-refractivity contribution in [2.75, 3.05) is 0 Å². The van der Waals surface area contributed by atoms with Crippen molar-refractivity contribution in [3.05, 3.63) is 152 Å². The Hall–Kier alpha value is -5.88. The highest BCUT2D eigenvalue weighted by molar-refractivity contribution is 7.33. The van der Waals surface area contributed by atoms with Gasteiger partial charge in [0.25, 0.3) is 0 Å². The molecular weight excluding hydrogens is 635 g/mol. The fourth-order valence-electron chi connectivity index (χ4n) is 7.67. The molecule has 0 fully saturated rings. The summed E-state index contributed by atoms with van der Waals surface area (Å²) in [6.45, 7) is 0. The number of rotatable bonds is 3. The van der Waals surface area contributed by atoms with E-state index in [1.807, 2.05) is 34.8 Å². The number of benzene rings is 7. The van der Waals surface area contributed by atoms with Crippen molar-refractivity contribution in [1.82, 2.24) is 14.5 Å². The van der Waals surface area contributed by atoms with Crippen LogP contribution in [-0.4, -0.2) is 14.5 Å². The van der Waals surface area contributed by atoms with Crippen LogP contribution in [0.15, 0.2) is 152 Å². The lowest BCUT2D eigenvalue weighted by Gasteiger charge is -2.12. The Bertz CT molecular complexity index is 3090. The highest BCUT2D eigenvalue weighted by Gasteiger charge is 2.24. The molecule has 11 rings (SSSR count). The van der Waals surface area contributed by atoms with E-state index in [1.165, 1.54) is 62.2 Å². The van der Waals surface area contributed by atoms with Crippen LogP contribution < -0.4 is 0 Å². The van der Waals surface area contributed by atoms with Gasteiger partial charge in [-0.15, -0.1) is 22.7 Å². The third-order valence-corrected chi connectivity index (χ3v) is 12.3. The molecule has 0 radical (unpaired) electrons. The minimum atomic E-state index is 0.726. The van der Waals surface area contributed by atoms with E-state index in [2.05, 4.69) is 144 Å². The molecule has 0 spiro atoms. The standard InChI is InChI=1S/C44H25N3S2/c1-2-12-26(13-3-1)40-29-14-4-8-18-33(29)45-44(46-40)27-22-24-28(25-23-27)47-34-19-9-5-15-30(34)37-38-31-16-6-10-20-35(31)48-42(38)43-39(41(37)47)32-17-7-11-21-36(32)49-43/h1-25H. The second-order valence-electron chi connectivity index (χ2n) is 12.5. The lowest BCUT2D eigenvalue weighted by Crippen LogP contribution is -1.97. The molecular formula is C44H25N3S2. The van der Waals surface area contributed by atoms with Gasteiger partial charge < -0.3 is 4.57 Å². The molecule has 4 heterocycles. The molecule has 0 bridgehead atoms. The predicted octanol–water partition coefficient (Wildman–Crippen LogP) is 12.8. The summed E-state index contributed by atoms with van der Waals surface area (Å²) in [6.07, 6.45) is 0. The van der Waals surface area contributed by atoms with Crippen LogP contribution in [0.25, 0.3) is 101 Å². The first kappa shape index (κ1) is 27.1.